The monoisotopic (exact) mass is 236 g/mol. The quantitative estimate of drug-likeness (QED) is 0.737. The molecule has 0 spiro atoms. The van der Waals surface area contributed by atoms with Gasteiger partial charge in [-0.05, 0) is 18.2 Å². The standard InChI is InChI=1S/C11H12N2O4/c1-6(14)12-8-3-4-9(11(16)17)10(5-8)13-7(2)15/h3-5H,1-2H3,(H,12,14)(H,13,15)(H,16,17). The Balaban J connectivity index is 3.13. The average Bonchev–Trinajstić information content (AvgIpc) is 2.15. The van der Waals surface area contributed by atoms with Crippen LogP contribution in [0.25, 0.3) is 0 Å². The Morgan fingerprint density at radius 2 is 1.65 bits per heavy atom. The largest absolute Gasteiger partial charge is 0.478 e. The van der Waals surface area contributed by atoms with E-state index in [0.29, 0.717) is 5.69 Å². The highest BCUT2D eigenvalue weighted by atomic mass is 16.4. The van der Waals surface area contributed by atoms with E-state index in [1.54, 1.807) is 0 Å². The van der Waals surface area contributed by atoms with Crippen molar-refractivity contribution in [3.8, 4) is 0 Å². The lowest BCUT2D eigenvalue weighted by atomic mass is 10.1. The summed E-state index contributed by atoms with van der Waals surface area (Å²) in [7, 11) is 0. The molecule has 2 amide bonds. The van der Waals surface area contributed by atoms with Crippen LogP contribution in [0.1, 0.15) is 24.2 Å². The molecule has 0 atom stereocenters. The third kappa shape index (κ3) is 3.60. The highest BCUT2D eigenvalue weighted by molar-refractivity contribution is 6.01. The molecule has 0 heterocycles. The van der Waals surface area contributed by atoms with Gasteiger partial charge in [0.1, 0.15) is 0 Å². The Kier molecular flexibility index (Phi) is 3.82. The number of carbonyl (C=O) groups excluding carboxylic acids is 2. The molecule has 1 aromatic rings. The molecule has 0 aromatic heterocycles. The van der Waals surface area contributed by atoms with Crippen molar-refractivity contribution < 1.29 is 19.5 Å². The fourth-order valence-corrected chi connectivity index (χ4v) is 1.30. The Bertz CT molecular complexity index is 482. The normalized spacial score (nSPS) is 9.53. The van der Waals surface area contributed by atoms with E-state index in [4.69, 9.17) is 5.11 Å². The lowest BCUT2D eigenvalue weighted by Crippen LogP contribution is -2.12. The Hall–Kier alpha value is -2.37. The van der Waals surface area contributed by atoms with E-state index in [0.717, 1.165) is 0 Å². The molecule has 0 aliphatic heterocycles. The zero-order valence-electron chi connectivity index (χ0n) is 9.40. The Labute approximate surface area is 97.6 Å². The van der Waals surface area contributed by atoms with Crippen molar-refractivity contribution in [3.63, 3.8) is 0 Å². The maximum atomic E-state index is 10.9. The summed E-state index contributed by atoms with van der Waals surface area (Å²) in [6.07, 6.45) is 0. The van der Waals surface area contributed by atoms with Crippen molar-refractivity contribution in [2.24, 2.45) is 0 Å². The molecule has 0 aliphatic rings. The first-order valence-electron chi connectivity index (χ1n) is 4.82. The second-order valence-corrected chi connectivity index (χ2v) is 3.43. The van der Waals surface area contributed by atoms with Crippen molar-refractivity contribution in [3.05, 3.63) is 23.8 Å². The summed E-state index contributed by atoms with van der Waals surface area (Å²) >= 11 is 0. The van der Waals surface area contributed by atoms with Crippen LogP contribution in [0.3, 0.4) is 0 Å². The van der Waals surface area contributed by atoms with Crippen LogP contribution in [0.4, 0.5) is 11.4 Å². The van der Waals surface area contributed by atoms with Gasteiger partial charge < -0.3 is 15.7 Å². The van der Waals surface area contributed by atoms with E-state index in [2.05, 4.69) is 10.6 Å². The molecule has 0 aliphatic carbocycles. The molecule has 0 unspecified atom stereocenters. The minimum atomic E-state index is -1.15. The first kappa shape index (κ1) is 12.7. The Morgan fingerprint density at radius 3 is 2.12 bits per heavy atom. The van der Waals surface area contributed by atoms with Gasteiger partial charge in [-0.3, -0.25) is 9.59 Å². The smallest absolute Gasteiger partial charge is 0.337 e. The molecule has 0 radical (unpaired) electrons. The summed E-state index contributed by atoms with van der Waals surface area (Å²) in [5.41, 5.74) is 0.539. The zero-order valence-corrected chi connectivity index (χ0v) is 9.40. The van der Waals surface area contributed by atoms with Crippen LogP contribution in [-0.4, -0.2) is 22.9 Å². The van der Waals surface area contributed by atoms with Gasteiger partial charge in [-0.2, -0.15) is 0 Å². The zero-order chi connectivity index (χ0) is 13.0. The van der Waals surface area contributed by atoms with Crippen LogP contribution in [0, 0.1) is 0 Å². The van der Waals surface area contributed by atoms with Gasteiger partial charge in [-0.25, -0.2) is 4.79 Å². The van der Waals surface area contributed by atoms with Gasteiger partial charge in [-0.1, -0.05) is 0 Å². The molecule has 6 nitrogen and oxygen atoms in total. The van der Waals surface area contributed by atoms with Gasteiger partial charge in [0, 0.05) is 19.5 Å². The predicted molar refractivity (Wildman–Crippen MR) is 62.0 cm³/mol. The maximum absolute atomic E-state index is 10.9. The van der Waals surface area contributed by atoms with E-state index in [-0.39, 0.29) is 23.1 Å². The average molecular weight is 236 g/mol. The van der Waals surface area contributed by atoms with Crippen molar-refractivity contribution in [1.29, 1.82) is 0 Å². The molecule has 0 saturated heterocycles. The number of hydrogen-bond acceptors (Lipinski definition) is 3. The van der Waals surface area contributed by atoms with Crippen molar-refractivity contribution in [1.82, 2.24) is 0 Å². The molecule has 6 heteroatoms. The fraction of sp³-hybridized carbons (Fsp3) is 0.182. The minimum Gasteiger partial charge on any atom is -0.478 e. The van der Waals surface area contributed by atoms with Gasteiger partial charge in [0.15, 0.2) is 0 Å². The lowest BCUT2D eigenvalue weighted by Gasteiger charge is -2.09. The van der Waals surface area contributed by atoms with E-state index in [1.807, 2.05) is 0 Å². The molecule has 1 rings (SSSR count). The summed E-state index contributed by atoms with van der Waals surface area (Å²) in [4.78, 5) is 32.7. The van der Waals surface area contributed by atoms with Crippen LogP contribution in [0.15, 0.2) is 18.2 Å². The van der Waals surface area contributed by atoms with E-state index >= 15 is 0 Å². The number of aromatic carboxylic acids is 1. The second kappa shape index (κ2) is 5.11. The molecule has 0 saturated carbocycles. The molecule has 1 aromatic carbocycles. The third-order valence-corrected chi connectivity index (χ3v) is 1.88. The van der Waals surface area contributed by atoms with Gasteiger partial charge in [-0.15, -0.1) is 0 Å². The number of carboxylic acids is 1. The number of hydrogen-bond donors (Lipinski definition) is 3. The number of rotatable bonds is 3. The molecular formula is C11H12N2O4. The van der Waals surface area contributed by atoms with Crippen molar-refractivity contribution >= 4 is 29.2 Å². The molecule has 0 fully saturated rings. The summed E-state index contributed by atoms with van der Waals surface area (Å²) in [5.74, 6) is -1.81. The minimum absolute atomic E-state index is 0.0331. The number of carbonyl (C=O) groups is 3. The van der Waals surface area contributed by atoms with E-state index in [9.17, 15) is 14.4 Å². The highest BCUT2D eigenvalue weighted by Crippen LogP contribution is 2.21. The van der Waals surface area contributed by atoms with Crippen molar-refractivity contribution in [2.75, 3.05) is 10.6 Å². The number of anilines is 2. The summed E-state index contributed by atoms with van der Waals surface area (Å²) in [6.45, 7) is 2.61. The van der Waals surface area contributed by atoms with Crippen LogP contribution < -0.4 is 10.6 Å². The molecule has 17 heavy (non-hydrogen) atoms. The Morgan fingerprint density at radius 1 is 1.06 bits per heavy atom. The van der Waals surface area contributed by atoms with Gasteiger partial charge in [0.2, 0.25) is 11.8 Å². The topological polar surface area (TPSA) is 95.5 Å². The SMILES string of the molecule is CC(=O)Nc1ccc(C(=O)O)c(NC(C)=O)c1. The number of nitrogens with one attached hydrogen (secondary N) is 2. The lowest BCUT2D eigenvalue weighted by molar-refractivity contribution is -0.115. The third-order valence-electron chi connectivity index (χ3n) is 1.88. The maximum Gasteiger partial charge on any atom is 0.337 e. The summed E-state index contributed by atoms with van der Waals surface area (Å²) in [6, 6.07) is 4.17. The van der Waals surface area contributed by atoms with Gasteiger partial charge >= 0.3 is 5.97 Å². The molecular weight excluding hydrogens is 224 g/mol. The second-order valence-electron chi connectivity index (χ2n) is 3.43. The number of carboxylic acid groups (broad SMARTS) is 1. The molecule has 0 bridgehead atoms. The van der Waals surface area contributed by atoms with Crippen LogP contribution in [0.2, 0.25) is 0 Å². The first-order chi connectivity index (χ1) is 7.90. The van der Waals surface area contributed by atoms with Crippen LogP contribution in [0.5, 0.6) is 0 Å². The van der Waals surface area contributed by atoms with Gasteiger partial charge in [0.25, 0.3) is 0 Å². The van der Waals surface area contributed by atoms with E-state index < -0.39 is 5.97 Å². The summed E-state index contributed by atoms with van der Waals surface area (Å²) < 4.78 is 0. The molecule has 3 N–H and O–H groups in total. The summed E-state index contributed by atoms with van der Waals surface area (Å²) in [5, 5.41) is 13.8. The number of amides is 2. The van der Waals surface area contributed by atoms with Crippen LogP contribution >= 0.6 is 0 Å². The van der Waals surface area contributed by atoms with Crippen LogP contribution in [-0.2, 0) is 9.59 Å². The van der Waals surface area contributed by atoms with Gasteiger partial charge in [0.05, 0.1) is 11.3 Å². The van der Waals surface area contributed by atoms with E-state index in [1.165, 1.54) is 32.0 Å². The predicted octanol–water partition coefficient (Wildman–Crippen LogP) is 1.30. The number of benzene rings is 1. The first-order valence-corrected chi connectivity index (χ1v) is 4.82. The van der Waals surface area contributed by atoms with Crippen molar-refractivity contribution in [2.45, 2.75) is 13.8 Å². The fourth-order valence-electron chi connectivity index (χ4n) is 1.30. The highest BCUT2D eigenvalue weighted by Gasteiger charge is 2.12. The molecule has 90 valence electrons.